The van der Waals surface area contributed by atoms with Crippen molar-refractivity contribution in [2.45, 2.75) is 63.8 Å². The fraction of sp³-hybridized carbons (Fsp3) is 0.875. The molecule has 0 bridgehead atoms. The second kappa shape index (κ2) is 8.05. The fourth-order valence-corrected chi connectivity index (χ4v) is 3.82. The van der Waals surface area contributed by atoms with Crippen molar-refractivity contribution in [2.24, 2.45) is 5.92 Å². The third-order valence-electron chi connectivity index (χ3n) is 4.56. The average Bonchev–Trinajstić information content (AvgIpc) is 2.87. The molecule has 1 saturated carbocycles. The molecule has 3 atom stereocenters. The Balaban J connectivity index is 2.47. The maximum absolute atomic E-state index is 12.2. The van der Waals surface area contributed by atoms with Gasteiger partial charge in [-0.2, -0.15) is 17.0 Å². The highest BCUT2D eigenvalue weighted by atomic mass is 32.2. The summed E-state index contributed by atoms with van der Waals surface area (Å²) >= 11 is 2.03. The van der Waals surface area contributed by atoms with E-state index in [1.54, 1.807) is 6.92 Å². The van der Waals surface area contributed by atoms with Gasteiger partial charge in [0.1, 0.15) is 5.54 Å². The quantitative estimate of drug-likeness (QED) is 0.785. The van der Waals surface area contributed by atoms with Gasteiger partial charge in [0, 0.05) is 11.3 Å². The molecule has 120 valence electrons. The van der Waals surface area contributed by atoms with Crippen LogP contribution in [0.4, 0.5) is 0 Å². The first kappa shape index (κ1) is 18.3. The number of nitrogens with zero attached hydrogens (tertiary/aromatic N) is 2. The Morgan fingerprint density at radius 1 is 1.52 bits per heavy atom. The van der Waals surface area contributed by atoms with Gasteiger partial charge in [-0.15, -0.1) is 0 Å². The Hall–Kier alpha value is -0.730. The second-order valence-corrected chi connectivity index (χ2v) is 8.05. The summed E-state index contributed by atoms with van der Waals surface area (Å²) in [5.74, 6) is 1.20. The van der Waals surface area contributed by atoms with Gasteiger partial charge in [0.2, 0.25) is 5.91 Å². The van der Waals surface area contributed by atoms with Crippen LogP contribution in [0.15, 0.2) is 0 Å². The van der Waals surface area contributed by atoms with Gasteiger partial charge in [-0.25, -0.2) is 0 Å². The number of carbonyl (C=O) groups excluding carboxylic acids is 1. The summed E-state index contributed by atoms with van der Waals surface area (Å²) in [5, 5.41) is 12.9. The first-order chi connectivity index (χ1) is 9.82. The molecule has 0 aliphatic heterocycles. The number of amides is 1. The van der Waals surface area contributed by atoms with Gasteiger partial charge in [-0.05, 0) is 44.9 Å². The number of carbonyl (C=O) groups is 1. The lowest BCUT2D eigenvalue weighted by molar-refractivity contribution is -0.124. The molecular weight excluding hydrogens is 282 g/mol. The molecule has 0 radical (unpaired) electrons. The average molecular weight is 311 g/mol. The van der Waals surface area contributed by atoms with Crippen LogP contribution in [0, 0.1) is 17.2 Å². The summed E-state index contributed by atoms with van der Waals surface area (Å²) in [4.78, 5) is 14.3. The van der Waals surface area contributed by atoms with Crippen molar-refractivity contribution in [3.05, 3.63) is 0 Å². The molecule has 21 heavy (non-hydrogen) atoms. The van der Waals surface area contributed by atoms with E-state index in [4.69, 9.17) is 0 Å². The molecule has 0 saturated heterocycles. The molecule has 1 N–H and O–H groups in total. The van der Waals surface area contributed by atoms with E-state index in [9.17, 15) is 10.1 Å². The smallest absolute Gasteiger partial charge is 0.235 e. The molecular formula is C16H29N3OS. The summed E-state index contributed by atoms with van der Waals surface area (Å²) in [6.07, 6.45) is 3.58. The molecule has 0 aromatic carbocycles. The third kappa shape index (κ3) is 5.19. The van der Waals surface area contributed by atoms with E-state index in [0.29, 0.717) is 12.6 Å². The molecule has 0 aromatic rings. The van der Waals surface area contributed by atoms with Crippen LogP contribution in [0.5, 0.6) is 0 Å². The molecule has 3 unspecified atom stereocenters. The van der Waals surface area contributed by atoms with Crippen molar-refractivity contribution >= 4 is 17.7 Å². The van der Waals surface area contributed by atoms with Crippen molar-refractivity contribution in [3.8, 4) is 6.07 Å². The molecule has 0 heterocycles. The fourth-order valence-electron chi connectivity index (χ4n) is 2.69. The zero-order chi connectivity index (χ0) is 16.0. The Morgan fingerprint density at radius 3 is 2.71 bits per heavy atom. The van der Waals surface area contributed by atoms with Gasteiger partial charge in [0.15, 0.2) is 0 Å². The van der Waals surface area contributed by atoms with E-state index in [1.165, 1.54) is 19.3 Å². The first-order valence-electron chi connectivity index (χ1n) is 7.86. The van der Waals surface area contributed by atoms with Gasteiger partial charge in [0.25, 0.3) is 0 Å². The highest BCUT2D eigenvalue weighted by Crippen LogP contribution is 2.32. The second-order valence-electron chi connectivity index (χ2n) is 6.48. The van der Waals surface area contributed by atoms with E-state index < -0.39 is 5.54 Å². The molecule has 1 aliphatic rings. The summed E-state index contributed by atoms with van der Waals surface area (Å²) in [5.41, 5.74) is -0.784. The van der Waals surface area contributed by atoms with Crippen LogP contribution in [-0.2, 0) is 4.79 Å². The zero-order valence-electron chi connectivity index (χ0n) is 14.0. The van der Waals surface area contributed by atoms with Crippen molar-refractivity contribution < 1.29 is 4.79 Å². The monoisotopic (exact) mass is 311 g/mol. The summed E-state index contributed by atoms with van der Waals surface area (Å²) in [7, 11) is 2.02. The predicted octanol–water partition coefficient (Wildman–Crippen LogP) is 2.65. The molecule has 0 aromatic heterocycles. The van der Waals surface area contributed by atoms with Crippen molar-refractivity contribution in [3.63, 3.8) is 0 Å². The zero-order valence-corrected chi connectivity index (χ0v) is 14.8. The maximum Gasteiger partial charge on any atom is 0.235 e. The predicted molar refractivity (Wildman–Crippen MR) is 89.2 cm³/mol. The van der Waals surface area contributed by atoms with Crippen molar-refractivity contribution in [2.75, 3.05) is 19.3 Å². The standard InChI is InChI=1S/C16H29N3OS/c1-6-21-14-8-7-13(9-14)19(5)10-15(20)18-16(4,11-17)12(2)3/h12-14H,6-10H2,1-5H3,(H,18,20). The molecule has 1 fully saturated rings. The summed E-state index contributed by atoms with van der Waals surface area (Å²) in [6.45, 7) is 8.27. The van der Waals surface area contributed by atoms with Gasteiger partial charge in [-0.1, -0.05) is 20.8 Å². The van der Waals surface area contributed by atoms with Crippen LogP contribution in [-0.4, -0.2) is 47.0 Å². The minimum absolute atomic E-state index is 0.0538. The largest absolute Gasteiger partial charge is 0.337 e. The highest BCUT2D eigenvalue weighted by Gasteiger charge is 2.32. The molecule has 0 spiro atoms. The number of likely N-dealkylation sites (N-methyl/N-ethyl adjacent to an activating group) is 1. The van der Waals surface area contributed by atoms with Gasteiger partial charge < -0.3 is 5.32 Å². The summed E-state index contributed by atoms with van der Waals surface area (Å²) in [6, 6.07) is 2.71. The van der Waals surface area contributed by atoms with Crippen LogP contribution in [0.1, 0.15) is 47.0 Å². The number of nitrogens with one attached hydrogen (secondary N) is 1. The van der Waals surface area contributed by atoms with Crippen molar-refractivity contribution in [1.82, 2.24) is 10.2 Å². The number of nitriles is 1. The Kier molecular flexibility index (Phi) is 7.02. The molecule has 1 aliphatic carbocycles. The lowest BCUT2D eigenvalue weighted by Gasteiger charge is -2.30. The van der Waals surface area contributed by atoms with E-state index in [0.717, 1.165) is 11.0 Å². The SMILES string of the molecule is CCSC1CCC(N(C)CC(=O)NC(C)(C#N)C(C)C)C1. The summed E-state index contributed by atoms with van der Waals surface area (Å²) < 4.78 is 0. The number of rotatable bonds is 7. The van der Waals surface area contributed by atoms with Crippen LogP contribution >= 0.6 is 11.8 Å². The van der Waals surface area contributed by atoms with Crippen molar-refractivity contribution in [1.29, 1.82) is 5.26 Å². The Morgan fingerprint density at radius 2 is 2.19 bits per heavy atom. The molecule has 1 rings (SSSR count). The molecule has 4 nitrogen and oxygen atoms in total. The number of thioether (sulfide) groups is 1. The lowest BCUT2D eigenvalue weighted by Crippen LogP contribution is -2.52. The van der Waals surface area contributed by atoms with Crippen LogP contribution in [0.3, 0.4) is 0 Å². The maximum atomic E-state index is 12.2. The van der Waals surface area contributed by atoms with E-state index in [2.05, 4.69) is 23.2 Å². The van der Waals surface area contributed by atoms with E-state index >= 15 is 0 Å². The third-order valence-corrected chi connectivity index (χ3v) is 5.79. The highest BCUT2D eigenvalue weighted by molar-refractivity contribution is 7.99. The molecule has 1 amide bonds. The van der Waals surface area contributed by atoms with E-state index in [1.807, 2.05) is 32.7 Å². The van der Waals surface area contributed by atoms with Crippen LogP contribution in [0.25, 0.3) is 0 Å². The topological polar surface area (TPSA) is 56.1 Å². The first-order valence-corrected chi connectivity index (χ1v) is 8.91. The molecule has 5 heteroatoms. The van der Waals surface area contributed by atoms with E-state index in [-0.39, 0.29) is 11.8 Å². The van der Waals surface area contributed by atoms with Crippen LogP contribution in [0.2, 0.25) is 0 Å². The lowest BCUT2D eigenvalue weighted by atomic mass is 9.90. The minimum atomic E-state index is -0.784. The van der Waals surface area contributed by atoms with Gasteiger partial charge in [-0.3, -0.25) is 9.69 Å². The van der Waals surface area contributed by atoms with Gasteiger partial charge >= 0.3 is 0 Å². The number of hydrogen-bond donors (Lipinski definition) is 1. The van der Waals surface area contributed by atoms with Gasteiger partial charge in [0.05, 0.1) is 12.6 Å². The minimum Gasteiger partial charge on any atom is -0.337 e. The Bertz CT molecular complexity index is 393. The van der Waals surface area contributed by atoms with Crippen LogP contribution < -0.4 is 5.32 Å². The number of hydrogen-bond acceptors (Lipinski definition) is 4. The Labute approximate surface area is 133 Å². The normalized spacial score (nSPS) is 24.9.